The number of rotatable bonds is 9. The summed E-state index contributed by atoms with van der Waals surface area (Å²) in [5.74, 6) is 0.391. The van der Waals surface area contributed by atoms with E-state index in [1.807, 2.05) is 68.4 Å². The third kappa shape index (κ3) is 6.09. The number of carbonyl (C=O) groups is 2. The first-order valence-corrected chi connectivity index (χ1v) is 10.9. The lowest BCUT2D eigenvalue weighted by Crippen LogP contribution is -2.52. The summed E-state index contributed by atoms with van der Waals surface area (Å²) in [5.41, 5.74) is 2.16. The van der Waals surface area contributed by atoms with Gasteiger partial charge in [0.2, 0.25) is 5.91 Å². The Labute approximate surface area is 179 Å². The molecule has 1 atom stereocenters. The first kappa shape index (κ1) is 21.9. The van der Waals surface area contributed by atoms with Gasteiger partial charge in [0.15, 0.2) is 6.61 Å². The molecule has 2 aromatic carbocycles. The van der Waals surface area contributed by atoms with Crippen LogP contribution in [0.25, 0.3) is 0 Å². The van der Waals surface area contributed by atoms with Crippen molar-refractivity contribution in [2.75, 3.05) is 6.61 Å². The molecule has 5 nitrogen and oxygen atoms in total. The Morgan fingerprint density at radius 2 is 1.73 bits per heavy atom. The molecule has 2 amide bonds. The molecule has 1 saturated carbocycles. The highest BCUT2D eigenvalue weighted by molar-refractivity contribution is 5.88. The second-order valence-electron chi connectivity index (χ2n) is 8.02. The highest BCUT2D eigenvalue weighted by Gasteiger charge is 2.30. The van der Waals surface area contributed by atoms with E-state index in [9.17, 15) is 9.59 Å². The van der Waals surface area contributed by atoms with Gasteiger partial charge in [-0.05, 0) is 43.9 Å². The predicted molar refractivity (Wildman–Crippen MR) is 118 cm³/mol. The van der Waals surface area contributed by atoms with E-state index in [1.54, 1.807) is 4.90 Å². The molecular weight excluding hydrogens is 376 g/mol. The molecule has 0 heterocycles. The van der Waals surface area contributed by atoms with Gasteiger partial charge in [0, 0.05) is 12.6 Å². The van der Waals surface area contributed by atoms with Crippen molar-refractivity contribution in [1.82, 2.24) is 10.2 Å². The average Bonchev–Trinajstić information content (AvgIpc) is 3.27. The largest absolute Gasteiger partial charge is 0.484 e. The van der Waals surface area contributed by atoms with Gasteiger partial charge >= 0.3 is 0 Å². The molecule has 160 valence electrons. The minimum absolute atomic E-state index is 0.0652. The molecule has 0 radical (unpaired) electrons. The third-order valence-electron chi connectivity index (χ3n) is 5.67. The molecule has 0 saturated heterocycles. The zero-order valence-electron chi connectivity index (χ0n) is 18.0. The number of para-hydroxylation sites is 1. The molecule has 3 rings (SSSR count). The van der Waals surface area contributed by atoms with Crippen molar-refractivity contribution in [2.24, 2.45) is 0 Å². The lowest BCUT2D eigenvalue weighted by molar-refractivity contribution is -0.143. The van der Waals surface area contributed by atoms with Crippen molar-refractivity contribution in [3.63, 3.8) is 0 Å². The van der Waals surface area contributed by atoms with Gasteiger partial charge < -0.3 is 15.0 Å². The number of benzene rings is 2. The summed E-state index contributed by atoms with van der Waals surface area (Å²) in [6.07, 6.45) is 4.90. The first-order valence-electron chi connectivity index (χ1n) is 10.9. The zero-order chi connectivity index (χ0) is 21.3. The maximum absolute atomic E-state index is 13.2. The molecule has 1 aliphatic rings. The van der Waals surface area contributed by atoms with Crippen LogP contribution in [0.5, 0.6) is 5.75 Å². The van der Waals surface area contributed by atoms with Gasteiger partial charge in [0.05, 0.1) is 0 Å². The minimum atomic E-state index is -0.515. The van der Waals surface area contributed by atoms with Crippen LogP contribution < -0.4 is 10.1 Å². The normalized spacial score (nSPS) is 14.9. The van der Waals surface area contributed by atoms with Crippen molar-refractivity contribution in [2.45, 2.75) is 64.6 Å². The quantitative estimate of drug-likeness (QED) is 0.675. The van der Waals surface area contributed by atoms with Crippen LogP contribution in [-0.4, -0.2) is 35.4 Å². The Morgan fingerprint density at radius 3 is 2.37 bits per heavy atom. The molecule has 2 aromatic rings. The van der Waals surface area contributed by atoms with Crippen LogP contribution in [0.3, 0.4) is 0 Å². The molecule has 1 fully saturated rings. The number of ether oxygens (including phenoxy) is 1. The van der Waals surface area contributed by atoms with Crippen LogP contribution in [0.4, 0.5) is 0 Å². The van der Waals surface area contributed by atoms with Crippen LogP contribution >= 0.6 is 0 Å². The van der Waals surface area contributed by atoms with Crippen molar-refractivity contribution in [1.29, 1.82) is 0 Å². The summed E-state index contributed by atoms with van der Waals surface area (Å²) in [6.45, 7) is 4.27. The van der Waals surface area contributed by atoms with E-state index in [0.29, 0.717) is 18.7 Å². The van der Waals surface area contributed by atoms with Crippen molar-refractivity contribution in [3.05, 3.63) is 65.7 Å². The molecule has 30 heavy (non-hydrogen) atoms. The topological polar surface area (TPSA) is 58.6 Å². The second-order valence-corrected chi connectivity index (χ2v) is 8.02. The fourth-order valence-corrected chi connectivity index (χ4v) is 3.92. The Hall–Kier alpha value is -2.82. The standard InChI is InChI=1S/C25H32N2O3/c1-3-23(25(29)26-21-9-7-8-10-21)27(17-20-15-13-19(2)14-16-20)24(28)18-30-22-11-5-4-6-12-22/h4-6,11-16,21,23H,3,7-10,17-18H2,1-2H3,(H,26,29)/t23-/m1/s1. The summed E-state index contributed by atoms with van der Waals surface area (Å²) < 4.78 is 5.69. The highest BCUT2D eigenvalue weighted by Crippen LogP contribution is 2.19. The van der Waals surface area contributed by atoms with Crippen LogP contribution in [0.15, 0.2) is 54.6 Å². The van der Waals surface area contributed by atoms with Crippen LogP contribution in [0, 0.1) is 6.92 Å². The van der Waals surface area contributed by atoms with E-state index >= 15 is 0 Å². The SMILES string of the molecule is CC[C@H](C(=O)NC1CCCC1)N(Cc1ccc(C)cc1)C(=O)COc1ccccc1. The number of aryl methyl sites for hydroxylation is 1. The number of carbonyl (C=O) groups excluding carboxylic acids is 2. The number of hydrogen-bond acceptors (Lipinski definition) is 3. The van der Waals surface area contributed by atoms with Gasteiger partial charge in [0.25, 0.3) is 5.91 Å². The minimum Gasteiger partial charge on any atom is -0.484 e. The molecule has 0 bridgehead atoms. The summed E-state index contributed by atoms with van der Waals surface area (Å²) in [4.78, 5) is 27.9. The Balaban J connectivity index is 1.74. The Kier molecular flexibility index (Phi) is 7.89. The second kappa shape index (κ2) is 10.8. The molecule has 0 unspecified atom stereocenters. The number of amides is 2. The van der Waals surface area contributed by atoms with Crippen molar-refractivity contribution >= 4 is 11.8 Å². The van der Waals surface area contributed by atoms with Gasteiger partial charge in [-0.25, -0.2) is 0 Å². The zero-order valence-corrected chi connectivity index (χ0v) is 18.0. The summed E-state index contributed by atoms with van der Waals surface area (Å²) >= 11 is 0. The monoisotopic (exact) mass is 408 g/mol. The van der Waals surface area contributed by atoms with Crippen LogP contribution in [-0.2, 0) is 16.1 Å². The molecule has 1 aliphatic carbocycles. The fourth-order valence-electron chi connectivity index (χ4n) is 3.92. The third-order valence-corrected chi connectivity index (χ3v) is 5.67. The van der Waals surface area contributed by atoms with Gasteiger partial charge in [-0.15, -0.1) is 0 Å². The molecule has 0 aliphatic heterocycles. The maximum atomic E-state index is 13.2. The number of nitrogens with one attached hydrogen (secondary N) is 1. The number of nitrogens with zero attached hydrogens (tertiary/aromatic N) is 1. The van der Waals surface area contributed by atoms with Gasteiger partial charge in [-0.2, -0.15) is 0 Å². The molecule has 1 N–H and O–H groups in total. The maximum Gasteiger partial charge on any atom is 0.261 e. The van der Waals surface area contributed by atoms with E-state index in [2.05, 4.69) is 5.32 Å². The molecule has 0 aromatic heterocycles. The van der Waals surface area contributed by atoms with E-state index in [-0.39, 0.29) is 24.5 Å². The van der Waals surface area contributed by atoms with E-state index in [4.69, 9.17) is 4.74 Å². The van der Waals surface area contributed by atoms with Gasteiger partial charge in [-0.3, -0.25) is 9.59 Å². The first-order chi connectivity index (χ1) is 14.6. The molecule has 0 spiro atoms. The Morgan fingerprint density at radius 1 is 1.07 bits per heavy atom. The highest BCUT2D eigenvalue weighted by atomic mass is 16.5. The van der Waals surface area contributed by atoms with Crippen LogP contribution in [0.2, 0.25) is 0 Å². The predicted octanol–water partition coefficient (Wildman–Crippen LogP) is 4.24. The lowest BCUT2D eigenvalue weighted by atomic mass is 10.1. The lowest BCUT2D eigenvalue weighted by Gasteiger charge is -2.31. The molecular formula is C25H32N2O3. The Bertz CT molecular complexity index is 814. The van der Waals surface area contributed by atoms with Crippen LogP contribution in [0.1, 0.15) is 50.2 Å². The molecule has 5 heteroatoms. The number of hydrogen-bond donors (Lipinski definition) is 1. The van der Waals surface area contributed by atoms with Gasteiger partial charge in [-0.1, -0.05) is 67.8 Å². The van der Waals surface area contributed by atoms with E-state index in [1.165, 1.54) is 0 Å². The van der Waals surface area contributed by atoms with E-state index < -0.39 is 6.04 Å². The van der Waals surface area contributed by atoms with Gasteiger partial charge in [0.1, 0.15) is 11.8 Å². The van der Waals surface area contributed by atoms with E-state index in [0.717, 1.165) is 36.8 Å². The summed E-state index contributed by atoms with van der Waals surface area (Å²) in [7, 11) is 0. The fraction of sp³-hybridized carbons (Fsp3) is 0.440. The smallest absolute Gasteiger partial charge is 0.261 e. The summed E-state index contributed by atoms with van der Waals surface area (Å²) in [5, 5.41) is 3.16. The van der Waals surface area contributed by atoms with Crippen molar-refractivity contribution < 1.29 is 14.3 Å². The summed E-state index contributed by atoms with van der Waals surface area (Å²) in [6, 6.07) is 17.1. The van der Waals surface area contributed by atoms with Crippen molar-refractivity contribution in [3.8, 4) is 5.75 Å². The average molecular weight is 409 g/mol.